The number of allylic oxidation sites excluding steroid dienone is 2. The summed E-state index contributed by atoms with van der Waals surface area (Å²) in [5, 5.41) is 10.0. The SMILES string of the molecule is CC(=Cc1sc2ccc(C)cc2[n+]1CCCCCC(=O)O)C=C1Oc2ccc(C)cc2N1CCCS(=O)(=O)[O-]. The van der Waals surface area contributed by atoms with E-state index in [1.807, 2.05) is 43.0 Å². The fourth-order valence-corrected chi connectivity index (χ4v) is 6.31. The van der Waals surface area contributed by atoms with Crippen molar-refractivity contribution in [2.75, 3.05) is 17.2 Å². The van der Waals surface area contributed by atoms with E-state index in [1.54, 1.807) is 11.3 Å². The summed E-state index contributed by atoms with van der Waals surface area (Å²) in [5.74, 6) is 0.0883. The zero-order valence-corrected chi connectivity index (χ0v) is 24.1. The molecule has 8 nitrogen and oxygen atoms in total. The third kappa shape index (κ3) is 7.68. The normalized spacial score (nSPS) is 14.7. The fraction of sp³-hybridized carbons (Fsp3) is 0.379. The number of nitrogens with zero attached hydrogens (tertiary/aromatic N) is 2. The molecule has 0 atom stereocenters. The van der Waals surface area contributed by atoms with Gasteiger partial charge in [-0.25, -0.2) is 8.42 Å². The molecule has 2 heterocycles. The van der Waals surface area contributed by atoms with Crippen LogP contribution in [0.4, 0.5) is 5.69 Å². The van der Waals surface area contributed by atoms with Crippen molar-refractivity contribution in [2.24, 2.45) is 0 Å². The number of anilines is 1. The standard InChI is InChI=1S/C29H34N2O6S2/c1-20-9-11-25-23(16-20)30(14-7-15-39(34,35)36)27(37-25)18-22(3)19-28-31(13-6-4-5-8-29(32)33)24-17-21(2)10-12-26(24)38-28/h9-12,16-19H,4-8,13-15H2,1-3H3,(H-,32,33,34,35,36). The lowest BCUT2D eigenvalue weighted by atomic mass is 10.2. The van der Waals surface area contributed by atoms with Crippen molar-refractivity contribution in [3.05, 3.63) is 70.1 Å². The average molecular weight is 571 g/mol. The lowest BCUT2D eigenvalue weighted by molar-refractivity contribution is -0.669. The Morgan fingerprint density at radius 2 is 1.85 bits per heavy atom. The van der Waals surface area contributed by atoms with Crippen LogP contribution >= 0.6 is 11.3 Å². The van der Waals surface area contributed by atoms with Crippen LogP contribution in [0.25, 0.3) is 16.3 Å². The number of benzene rings is 2. The first-order chi connectivity index (χ1) is 18.5. The van der Waals surface area contributed by atoms with E-state index in [9.17, 15) is 17.8 Å². The molecule has 0 fully saturated rings. The van der Waals surface area contributed by atoms with Gasteiger partial charge in [0.2, 0.25) is 11.4 Å². The molecule has 208 valence electrons. The van der Waals surface area contributed by atoms with Gasteiger partial charge in [0.15, 0.2) is 12.3 Å². The van der Waals surface area contributed by atoms with Gasteiger partial charge < -0.3 is 19.3 Å². The second-order valence-corrected chi connectivity index (χ2v) is 12.6. The van der Waals surface area contributed by atoms with Crippen LogP contribution in [-0.4, -0.2) is 36.3 Å². The highest BCUT2D eigenvalue weighted by Gasteiger charge is 2.26. The highest BCUT2D eigenvalue weighted by Crippen LogP contribution is 2.40. The lowest BCUT2D eigenvalue weighted by Crippen LogP contribution is -2.35. The van der Waals surface area contributed by atoms with Crippen molar-refractivity contribution in [1.82, 2.24) is 0 Å². The first-order valence-corrected chi connectivity index (χ1v) is 15.4. The Hall–Kier alpha value is -3.21. The number of aliphatic carboxylic acids is 1. The number of carboxylic acids is 1. The Bertz CT molecular complexity index is 1540. The molecule has 0 unspecified atom stereocenters. The predicted octanol–water partition coefficient (Wildman–Crippen LogP) is 5.53. The van der Waals surface area contributed by atoms with Gasteiger partial charge in [0, 0.05) is 43.4 Å². The molecule has 39 heavy (non-hydrogen) atoms. The van der Waals surface area contributed by atoms with Crippen molar-refractivity contribution in [2.45, 2.75) is 59.4 Å². The summed E-state index contributed by atoms with van der Waals surface area (Å²) >= 11 is 1.70. The van der Waals surface area contributed by atoms with E-state index in [1.165, 1.54) is 10.3 Å². The number of rotatable bonds is 12. The van der Waals surface area contributed by atoms with Crippen molar-refractivity contribution in [3.63, 3.8) is 0 Å². The number of aryl methyl sites for hydroxylation is 3. The van der Waals surface area contributed by atoms with Crippen LogP contribution in [0.3, 0.4) is 0 Å². The van der Waals surface area contributed by atoms with E-state index in [4.69, 9.17) is 9.84 Å². The quantitative estimate of drug-likeness (QED) is 0.173. The van der Waals surface area contributed by atoms with Crippen LogP contribution < -0.4 is 14.2 Å². The Kier molecular flexibility index (Phi) is 9.09. The van der Waals surface area contributed by atoms with Crippen LogP contribution in [0.2, 0.25) is 0 Å². The highest BCUT2D eigenvalue weighted by molar-refractivity contribution is 7.85. The maximum atomic E-state index is 11.2. The lowest BCUT2D eigenvalue weighted by Gasteiger charge is -2.19. The van der Waals surface area contributed by atoms with Gasteiger partial charge in [-0.05, 0) is 74.9 Å². The number of carbonyl (C=O) groups is 1. The molecule has 1 N–H and O–H groups in total. The van der Waals surface area contributed by atoms with E-state index in [2.05, 4.69) is 35.8 Å². The van der Waals surface area contributed by atoms with Crippen LogP contribution in [0.15, 0.2) is 53.9 Å². The van der Waals surface area contributed by atoms with Crippen molar-refractivity contribution >= 4 is 49.4 Å². The van der Waals surface area contributed by atoms with E-state index in [0.29, 0.717) is 24.6 Å². The van der Waals surface area contributed by atoms with Gasteiger partial charge in [0.05, 0.1) is 15.8 Å². The molecule has 3 aromatic rings. The van der Waals surface area contributed by atoms with Gasteiger partial charge in [-0.15, -0.1) is 0 Å². The summed E-state index contributed by atoms with van der Waals surface area (Å²) in [6.07, 6.45) is 6.82. The molecule has 4 rings (SSSR count). The van der Waals surface area contributed by atoms with Gasteiger partial charge in [0.25, 0.3) is 5.01 Å². The Balaban J connectivity index is 1.62. The Morgan fingerprint density at radius 3 is 2.59 bits per heavy atom. The summed E-state index contributed by atoms with van der Waals surface area (Å²) in [6, 6.07) is 12.3. The summed E-state index contributed by atoms with van der Waals surface area (Å²) in [7, 11) is -4.30. The van der Waals surface area contributed by atoms with Crippen LogP contribution in [0, 0.1) is 13.8 Å². The molecule has 0 aliphatic carbocycles. The maximum absolute atomic E-state index is 11.2. The first kappa shape index (κ1) is 28.8. The van der Waals surface area contributed by atoms with Gasteiger partial charge >= 0.3 is 5.97 Å². The number of hydrogen-bond acceptors (Lipinski definition) is 7. The minimum atomic E-state index is -4.30. The molecule has 1 aliphatic heterocycles. The molecule has 0 spiro atoms. The van der Waals surface area contributed by atoms with Crippen LogP contribution in [-0.2, 0) is 21.5 Å². The molecule has 1 aromatic heterocycles. The summed E-state index contributed by atoms with van der Waals surface area (Å²) < 4.78 is 43.2. The molecular weight excluding hydrogens is 536 g/mol. The Labute approximate surface area is 233 Å². The number of aromatic nitrogens is 1. The summed E-state index contributed by atoms with van der Waals surface area (Å²) in [5.41, 5.74) is 5.20. The predicted molar refractivity (Wildman–Crippen MR) is 153 cm³/mol. The minimum absolute atomic E-state index is 0.187. The molecule has 0 saturated heterocycles. The molecule has 0 bridgehead atoms. The highest BCUT2D eigenvalue weighted by atomic mass is 32.2. The van der Waals surface area contributed by atoms with Crippen LogP contribution in [0.1, 0.15) is 55.2 Å². The second-order valence-electron chi connectivity index (χ2n) is 9.98. The largest absolute Gasteiger partial charge is 0.748 e. The maximum Gasteiger partial charge on any atom is 0.303 e. The fourth-order valence-electron chi connectivity index (χ4n) is 4.65. The number of unbranched alkanes of at least 4 members (excludes halogenated alkanes) is 2. The van der Waals surface area contributed by atoms with Gasteiger partial charge in [-0.3, -0.25) is 4.79 Å². The number of ether oxygens (including phenoxy) is 1. The molecule has 0 radical (unpaired) electrons. The summed E-state index contributed by atoms with van der Waals surface area (Å²) in [4.78, 5) is 12.8. The van der Waals surface area contributed by atoms with Crippen molar-refractivity contribution in [1.29, 1.82) is 0 Å². The van der Waals surface area contributed by atoms with Gasteiger partial charge in [-0.1, -0.05) is 23.5 Å². The topological polar surface area (TPSA) is 111 Å². The zero-order chi connectivity index (χ0) is 28.2. The smallest absolute Gasteiger partial charge is 0.303 e. The number of hydrogen-bond donors (Lipinski definition) is 1. The monoisotopic (exact) mass is 570 g/mol. The molecular formula is C29H34N2O6S2. The Morgan fingerprint density at radius 1 is 1.10 bits per heavy atom. The van der Waals surface area contributed by atoms with E-state index in [-0.39, 0.29) is 12.8 Å². The molecule has 0 amide bonds. The average Bonchev–Trinajstić information content (AvgIpc) is 3.34. The van der Waals surface area contributed by atoms with Gasteiger partial charge in [0.1, 0.15) is 4.70 Å². The number of fused-ring (bicyclic) bond motifs is 2. The van der Waals surface area contributed by atoms with Crippen molar-refractivity contribution in [3.8, 4) is 5.75 Å². The van der Waals surface area contributed by atoms with Crippen LogP contribution in [0.5, 0.6) is 5.75 Å². The molecule has 10 heteroatoms. The molecule has 1 aliphatic rings. The first-order valence-electron chi connectivity index (χ1n) is 13.0. The second kappa shape index (κ2) is 12.3. The van der Waals surface area contributed by atoms with E-state index in [0.717, 1.165) is 46.7 Å². The number of thiazole rings is 1. The van der Waals surface area contributed by atoms with Crippen molar-refractivity contribution < 1.29 is 32.2 Å². The summed E-state index contributed by atoms with van der Waals surface area (Å²) in [6.45, 7) is 7.18. The molecule has 0 saturated carbocycles. The third-order valence-corrected chi connectivity index (χ3v) is 8.42. The number of carboxylic acid groups (broad SMARTS) is 1. The molecule has 2 aromatic carbocycles. The third-order valence-electron chi connectivity index (χ3n) is 6.52. The minimum Gasteiger partial charge on any atom is -0.748 e. The van der Waals surface area contributed by atoms with Gasteiger partial charge in [-0.2, -0.15) is 4.57 Å². The van der Waals surface area contributed by atoms with E-state index >= 15 is 0 Å². The van der Waals surface area contributed by atoms with E-state index < -0.39 is 21.8 Å². The zero-order valence-electron chi connectivity index (χ0n) is 22.5.